The zero-order chi connectivity index (χ0) is 11.7. The summed E-state index contributed by atoms with van der Waals surface area (Å²) in [6.07, 6.45) is 1.70. The van der Waals surface area contributed by atoms with Crippen LogP contribution in [0, 0.1) is 5.82 Å². The van der Waals surface area contributed by atoms with E-state index in [1.807, 2.05) is 6.92 Å². The SMILES string of the molecule is CC(N)c1cnc(-c2cc(Br)ccc2F)s1. The van der Waals surface area contributed by atoms with Gasteiger partial charge in [0.05, 0.1) is 0 Å². The van der Waals surface area contributed by atoms with Gasteiger partial charge in [-0.2, -0.15) is 0 Å². The molecule has 0 amide bonds. The van der Waals surface area contributed by atoms with Gasteiger partial charge in [-0.15, -0.1) is 11.3 Å². The van der Waals surface area contributed by atoms with Crippen molar-refractivity contribution >= 4 is 27.3 Å². The molecule has 0 saturated carbocycles. The standard InChI is InChI=1S/C11H10BrFN2S/c1-6(14)10-5-15-11(16-10)8-4-7(12)2-3-9(8)13/h2-6H,14H2,1H3. The summed E-state index contributed by atoms with van der Waals surface area (Å²) in [6.45, 7) is 1.88. The summed E-state index contributed by atoms with van der Waals surface area (Å²) in [6, 6.07) is 4.74. The number of rotatable bonds is 2. The maximum absolute atomic E-state index is 13.6. The molecule has 0 saturated heterocycles. The highest BCUT2D eigenvalue weighted by atomic mass is 79.9. The summed E-state index contributed by atoms with van der Waals surface area (Å²) in [4.78, 5) is 5.14. The van der Waals surface area contributed by atoms with E-state index in [-0.39, 0.29) is 11.9 Å². The van der Waals surface area contributed by atoms with Crippen molar-refractivity contribution in [3.05, 3.63) is 39.6 Å². The lowest BCUT2D eigenvalue weighted by Crippen LogP contribution is -2.01. The second-order valence-corrected chi connectivity index (χ2v) is 5.46. The molecular formula is C11H10BrFN2S. The van der Waals surface area contributed by atoms with Crippen molar-refractivity contribution < 1.29 is 4.39 Å². The van der Waals surface area contributed by atoms with Crippen LogP contribution in [0.5, 0.6) is 0 Å². The van der Waals surface area contributed by atoms with Gasteiger partial charge < -0.3 is 5.73 Å². The zero-order valence-electron chi connectivity index (χ0n) is 8.58. The maximum atomic E-state index is 13.6. The van der Waals surface area contributed by atoms with E-state index < -0.39 is 0 Å². The molecule has 1 aromatic heterocycles. The quantitative estimate of drug-likeness (QED) is 0.918. The van der Waals surface area contributed by atoms with Crippen LogP contribution in [0.4, 0.5) is 4.39 Å². The average Bonchev–Trinajstić information content (AvgIpc) is 2.70. The first-order valence-electron chi connectivity index (χ1n) is 4.74. The number of halogens is 2. The second kappa shape index (κ2) is 4.61. The third-order valence-electron chi connectivity index (χ3n) is 2.13. The summed E-state index contributed by atoms with van der Waals surface area (Å²) >= 11 is 4.73. The topological polar surface area (TPSA) is 38.9 Å². The summed E-state index contributed by atoms with van der Waals surface area (Å²) in [5.74, 6) is -0.270. The van der Waals surface area contributed by atoms with E-state index in [1.165, 1.54) is 17.4 Å². The average molecular weight is 301 g/mol. The van der Waals surface area contributed by atoms with Crippen LogP contribution in [-0.2, 0) is 0 Å². The predicted molar refractivity (Wildman–Crippen MR) is 67.8 cm³/mol. The number of hydrogen-bond donors (Lipinski definition) is 1. The number of nitrogens with two attached hydrogens (primary N) is 1. The van der Waals surface area contributed by atoms with E-state index in [0.717, 1.165) is 9.35 Å². The first-order valence-corrected chi connectivity index (χ1v) is 6.35. The highest BCUT2D eigenvalue weighted by Gasteiger charge is 2.11. The zero-order valence-corrected chi connectivity index (χ0v) is 11.0. The van der Waals surface area contributed by atoms with Crippen molar-refractivity contribution in [3.8, 4) is 10.6 Å². The molecule has 1 heterocycles. The molecule has 0 aliphatic carbocycles. The highest BCUT2D eigenvalue weighted by molar-refractivity contribution is 9.10. The summed E-state index contributed by atoms with van der Waals surface area (Å²) < 4.78 is 14.4. The Morgan fingerprint density at radius 1 is 1.50 bits per heavy atom. The van der Waals surface area contributed by atoms with Gasteiger partial charge in [0, 0.05) is 27.2 Å². The number of benzene rings is 1. The molecule has 84 valence electrons. The van der Waals surface area contributed by atoms with Gasteiger partial charge in [-0.1, -0.05) is 15.9 Å². The molecular weight excluding hydrogens is 291 g/mol. The van der Waals surface area contributed by atoms with E-state index >= 15 is 0 Å². The molecule has 0 aliphatic rings. The Hall–Kier alpha value is -0.780. The largest absolute Gasteiger partial charge is 0.323 e. The molecule has 0 bridgehead atoms. The molecule has 0 radical (unpaired) electrons. The van der Waals surface area contributed by atoms with Gasteiger partial charge in [0.15, 0.2) is 0 Å². The molecule has 2 nitrogen and oxygen atoms in total. The molecule has 2 aromatic rings. The van der Waals surface area contributed by atoms with Gasteiger partial charge in [-0.25, -0.2) is 9.37 Å². The Bertz CT molecular complexity index is 510. The smallest absolute Gasteiger partial charge is 0.133 e. The Morgan fingerprint density at radius 3 is 2.88 bits per heavy atom. The lowest BCUT2D eigenvalue weighted by Gasteiger charge is -2.00. The van der Waals surface area contributed by atoms with Crippen LogP contribution in [-0.4, -0.2) is 4.98 Å². The van der Waals surface area contributed by atoms with Crippen LogP contribution in [0.1, 0.15) is 17.8 Å². The molecule has 5 heteroatoms. The Balaban J connectivity index is 2.46. The van der Waals surface area contributed by atoms with Gasteiger partial charge in [-0.3, -0.25) is 0 Å². The molecule has 0 spiro atoms. The van der Waals surface area contributed by atoms with E-state index in [0.29, 0.717) is 10.6 Å². The third kappa shape index (κ3) is 2.31. The van der Waals surface area contributed by atoms with Crippen LogP contribution < -0.4 is 5.73 Å². The number of aromatic nitrogens is 1. The minimum Gasteiger partial charge on any atom is -0.323 e. The number of nitrogens with zero attached hydrogens (tertiary/aromatic N) is 1. The Morgan fingerprint density at radius 2 is 2.25 bits per heavy atom. The van der Waals surface area contributed by atoms with Crippen LogP contribution in [0.3, 0.4) is 0 Å². The number of thiazole rings is 1. The van der Waals surface area contributed by atoms with E-state index in [2.05, 4.69) is 20.9 Å². The van der Waals surface area contributed by atoms with Crippen molar-refractivity contribution in [2.75, 3.05) is 0 Å². The van der Waals surface area contributed by atoms with Crippen LogP contribution in [0.2, 0.25) is 0 Å². The predicted octanol–water partition coefficient (Wildman–Crippen LogP) is 3.73. The molecule has 1 aromatic carbocycles. The molecule has 1 unspecified atom stereocenters. The van der Waals surface area contributed by atoms with Crippen LogP contribution in [0.25, 0.3) is 10.6 Å². The molecule has 0 aliphatic heterocycles. The van der Waals surface area contributed by atoms with Crippen LogP contribution in [0.15, 0.2) is 28.9 Å². The van der Waals surface area contributed by atoms with Gasteiger partial charge in [-0.05, 0) is 25.1 Å². The highest BCUT2D eigenvalue weighted by Crippen LogP contribution is 2.31. The third-order valence-corrected chi connectivity index (χ3v) is 3.86. The molecule has 2 rings (SSSR count). The van der Waals surface area contributed by atoms with Crippen molar-refractivity contribution in [1.29, 1.82) is 0 Å². The fourth-order valence-corrected chi connectivity index (χ4v) is 2.53. The summed E-state index contributed by atoms with van der Waals surface area (Å²) in [5.41, 5.74) is 6.25. The first-order chi connectivity index (χ1) is 7.58. The minimum absolute atomic E-state index is 0.0681. The molecule has 0 fully saturated rings. The Kier molecular flexibility index (Phi) is 3.37. The van der Waals surface area contributed by atoms with E-state index in [1.54, 1.807) is 18.3 Å². The van der Waals surface area contributed by atoms with Gasteiger partial charge in [0.25, 0.3) is 0 Å². The maximum Gasteiger partial charge on any atom is 0.133 e. The van der Waals surface area contributed by atoms with Gasteiger partial charge >= 0.3 is 0 Å². The van der Waals surface area contributed by atoms with Crippen LogP contribution >= 0.6 is 27.3 Å². The normalized spacial score (nSPS) is 12.8. The second-order valence-electron chi connectivity index (χ2n) is 3.48. The van der Waals surface area contributed by atoms with E-state index in [9.17, 15) is 4.39 Å². The summed E-state index contributed by atoms with van der Waals surface area (Å²) in [5, 5.41) is 0.658. The fraction of sp³-hybridized carbons (Fsp3) is 0.182. The summed E-state index contributed by atoms with van der Waals surface area (Å²) in [7, 11) is 0. The lowest BCUT2D eigenvalue weighted by atomic mass is 10.2. The first kappa shape index (κ1) is 11.7. The fourth-order valence-electron chi connectivity index (χ4n) is 1.28. The Labute approximate surface area is 105 Å². The minimum atomic E-state index is -0.270. The lowest BCUT2D eigenvalue weighted by molar-refractivity contribution is 0.631. The number of hydrogen-bond acceptors (Lipinski definition) is 3. The molecule has 1 atom stereocenters. The van der Waals surface area contributed by atoms with Crippen molar-refractivity contribution in [2.45, 2.75) is 13.0 Å². The monoisotopic (exact) mass is 300 g/mol. The van der Waals surface area contributed by atoms with E-state index in [4.69, 9.17) is 5.73 Å². The van der Waals surface area contributed by atoms with Gasteiger partial charge in [0.1, 0.15) is 10.8 Å². The van der Waals surface area contributed by atoms with Crippen molar-refractivity contribution in [3.63, 3.8) is 0 Å². The van der Waals surface area contributed by atoms with Crippen molar-refractivity contribution in [1.82, 2.24) is 4.98 Å². The molecule has 2 N–H and O–H groups in total. The van der Waals surface area contributed by atoms with Gasteiger partial charge in [0.2, 0.25) is 0 Å². The van der Waals surface area contributed by atoms with Crippen molar-refractivity contribution in [2.24, 2.45) is 5.73 Å². The molecule has 16 heavy (non-hydrogen) atoms.